The average molecular weight is 307 g/mol. The zero-order valence-corrected chi connectivity index (χ0v) is 12.3. The maximum atomic E-state index is 12.5. The van der Waals surface area contributed by atoms with Crippen LogP contribution in [-0.4, -0.2) is 15.8 Å². The van der Waals surface area contributed by atoms with Gasteiger partial charge in [-0.05, 0) is 31.2 Å². The molecule has 1 aromatic heterocycles. The van der Waals surface area contributed by atoms with E-state index >= 15 is 0 Å². The quantitative estimate of drug-likeness (QED) is 0.590. The lowest BCUT2D eigenvalue weighted by Crippen LogP contribution is -2.13. The molecule has 0 unspecified atom stereocenters. The van der Waals surface area contributed by atoms with Crippen LogP contribution < -0.4 is 5.32 Å². The monoisotopic (exact) mass is 307 g/mol. The van der Waals surface area contributed by atoms with Gasteiger partial charge >= 0.3 is 0 Å². The summed E-state index contributed by atoms with van der Waals surface area (Å²) < 4.78 is 0. The Morgan fingerprint density at radius 1 is 1.13 bits per heavy atom. The fourth-order valence-corrected chi connectivity index (χ4v) is 2.36. The Morgan fingerprint density at radius 3 is 2.52 bits per heavy atom. The second-order valence-electron chi connectivity index (χ2n) is 5.09. The largest absolute Gasteiger partial charge is 0.322 e. The summed E-state index contributed by atoms with van der Waals surface area (Å²) in [6, 6.07) is 14.9. The molecule has 1 amide bonds. The Morgan fingerprint density at radius 2 is 1.83 bits per heavy atom. The number of pyridine rings is 1. The van der Waals surface area contributed by atoms with Crippen molar-refractivity contribution in [3.8, 4) is 0 Å². The van der Waals surface area contributed by atoms with Crippen molar-refractivity contribution >= 4 is 28.2 Å². The molecular formula is C17H13N3O3. The van der Waals surface area contributed by atoms with Crippen LogP contribution in [0.15, 0.2) is 54.6 Å². The van der Waals surface area contributed by atoms with Gasteiger partial charge in [0.25, 0.3) is 11.6 Å². The molecule has 0 atom stereocenters. The molecule has 0 bridgehead atoms. The number of nitro benzene ring substituents is 1. The van der Waals surface area contributed by atoms with Crippen molar-refractivity contribution < 1.29 is 9.72 Å². The Kier molecular flexibility index (Phi) is 3.72. The van der Waals surface area contributed by atoms with Gasteiger partial charge in [-0.25, -0.2) is 0 Å². The zero-order chi connectivity index (χ0) is 16.4. The topological polar surface area (TPSA) is 85.1 Å². The van der Waals surface area contributed by atoms with Crippen LogP contribution in [0.5, 0.6) is 0 Å². The molecule has 0 aliphatic carbocycles. The van der Waals surface area contributed by atoms with Crippen LogP contribution in [-0.2, 0) is 0 Å². The molecule has 0 saturated heterocycles. The standard InChI is InChI=1S/C17H13N3O3/c1-11-10-15(14-4-2-3-5-16(14)18-11)17(21)19-12-6-8-13(9-7-12)20(22)23/h2-10H,1H3,(H,19,21). The summed E-state index contributed by atoms with van der Waals surface area (Å²) in [5.41, 5.74) is 2.50. The van der Waals surface area contributed by atoms with Crippen LogP contribution in [0.25, 0.3) is 10.9 Å². The molecule has 0 aliphatic rings. The highest BCUT2D eigenvalue weighted by Crippen LogP contribution is 2.21. The number of carbonyl (C=O) groups is 1. The predicted molar refractivity (Wildman–Crippen MR) is 87.5 cm³/mol. The normalized spacial score (nSPS) is 10.5. The summed E-state index contributed by atoms with van der Waals surface area (Å²) in [5.74, 6) is -0.277. The molecule has 3 rings (SSSR count). The first-order valence-electron chi connectivity index (χ1n) is 6.97. The number of aryl methyl sites for hydroxylation is 1. The molecule has 1 N–H and O–H groups in total. The number of carbonyl (C=O) groups excluding carboxylic acids is 1. The number of anilines is 1. The van der Waals surface area contributed by atoms with Crippen LogP contribution in [0, 0.1) is 17.0 Å². The Labute approximate surface area is 131 Å². The van der Waals surface area contributed by atoms with Crippen molar-refractivity contribution in [3.05, 3.63) is 76.0 Å². The van der Waals surface area contributed by atoms with Crippen molar-refractivity contribution in [2.24, 2.45) is 0 Å². The molecule has 0 fully saturated rings. The van der Waals surface area contributed by atoms with E-state index in [-0.39, 0.29) is 11.6 Å². The number of hydrogen-bond donors (Lipinski definition) is 1. The van der Waals surface area contributed by atoms with E-state index in [1.807, 2.05) is 31.2 Å². The lowest BCUT2D eigenvalue weighted by atomic mass is 10.1. The number of nitrogens with one attached hydrogen (secondary N) is 1. The minimum Gasteiger partial charge on any atom is -0.322 e. The fourth-order valence-electron chi connectivity index (χ4n) is 2.36. The van der Waals surface area contributed by atoms with Gasteiger partial charge in [-0.3, -0.25) is 19.9 Å². The third-order valence-corrected chi connectivity index (χ3v) is 3.42. The smallest absolute Gasteiger partial charge is 0.269 e. The van der Waals surface area contributed by atoms with Crippen LogP contribution in [0.2, 0.25) is 0 Å². The molecule has 23 heavy (non-hydrogen) atoms. The Hall–Kier alpha value is -3.28. The molecule has 0 aliphatic heterocycles. The molecular weight excluding hydrogens is 294 g/mol. The molecule has 1 heterocycles. The number of para-hydroxylation sites is 1. The van der Waals surface area contributed by atoms with Gasteiger partial charge in [0.15, 0.2) is 0 Å². The number of benzene rings is 2. The molecule has 6 heteroatoms. The summed E-state index contributed by atoms with van der Waals surface area (Å²) in [5, 5.41) is 14.2. The van der Waals surface area contributed by atoms with Gasteiger partial charge in [0.2, 0.25) is 0 Å². The first-order valence-corrected chi connectivity index (χ1v) is 6.97. The SMILES string of the molecule is Cc1cc(C(=O)Nc2ccc([N+](=O)[O-])cc2)c2ccccc2n1. The van der Waals surface area contributed by atoms with Crippen molar-refractivity contribution in [1.29, 1.82) is 0 Å². The summed E-state index contributed by atoms with van der Waals surface area (Å²) in [4.78, 5) is 27.1. The van der Waals surface area contributed by atoms with E-state index in [1.165, 1.54) is 24.3 Å². The van der Waals surface area contributed by atoms with Gasteiger partial charge in [0.05, 0.1) is 16.0 Å². The van der Waals surface area contributed by atoms with Gasteiger partial charge in [-0.1, -0.05) is 18.2 Å². The zero-order valence-electron chi connectivity index (χ0n) is 12.3. The van der Waals surface area contributed by atoms with Gasteiger partial charge < -0.3 is 5.32 Å². The highest BCUT2D eigenvalue weighted by atomic mass is 16.6. The van der Waals surface area contributed by atoms with E-state index in [2.05, 4.69) is 10.3 Å². The van der Waals surface area contributed by atoms with Crippen LogP contribution in [0.1, 0.15) is 16.1 Å². The molecule has 114 valence electrons. The van der Waals surface area contributed by atoms with E-state index in [0.717, 1.165) is 16.6 Å². The molecule has 0 saturated carbocycles. The molecule has 3 aromatic rings. The predicted octanol–water partition coefficient (Wildman–Crippen LogP) is 3.70. The number of nitro groups is 1. The summed E-state index contributed by atoms with van der Waals surface area (Å²) in [7, 11) is 0. The number of aromatic nitrogens is 1. The maximum absolute atomic E-state index is 12.5. The minimum absolute atomic E-state index is 0.0202. The molecule has 0 radical (unpaired) electrons. The van der Waals surface area contributed by atoms with Crippen molar-refractivity contribution in [1.82, 2.24) is 4.98 Å². The van der Waals surface area contributed by atoms with Gasteiger partial charge in [-0.2, -0.15) is 0 Å². The second-order valence-corrected chi connectivity index (χ2v) is 5.09. The number of nitrogens with zero attached hydrogens (tertiary/aromatic N) is 2. The van der Waals surface area contributed by atoms with Crippen LogP contribution >= 0.6 is 0 Å². The van der Waals surface area contributed by atoms with Gasteiger partial charge in [0, 0.05) is 28.9 Å². The summed E-state index contributed by atoms with van der Waals surface area (Å²) >= 11 is 0. The fraction of sp³-hybridized carbons (Fsp3) is 0.0588. The minimum atomic E-state index is -0.481. The number of fused-ring (bicyclic) bond motifs is 1. The third-order valence-electron chi connectivity index (χ3n) is 3.42. The van der Waals surface area contributed by atoms with E-state index in [1.54, 1.807) is 6.07 Å². The van der Waals surface area contributed by atoms with Gasteiger partial charge in [-0.15, -0.1) is 0 Å². The lowest BCUT2D eigenvalue weighted by molar-refractivity contribution is -0.384. The van der Waals surface area contributed by atoms with E-state index in [4.69, 9.17) is 0 Å². The number of amides is 1. The Balaban J connectivity index is 1.93. The van der Waals surface area contributed by atoms with Crippen molar-refractivity contribution in [2.75, 3.05) is 5.32 Å². The Bertz CT molecular complexity index is 905. The van der Waals surface area contributed by atoms with Crippen LogP contribution in [0.3, 0.4) is 0 Å². The summed E-state index contributed by atoms with van der Waals surface area (Å²) in [6.45, 7) is 1.83. The number of rotatable bonds is 3. The van der Waals surface area contributed by atoms with Crippen molar-refractivity contribution in [2.45, 2.75) is 6.92 Å². The van der Waals surface area contributed by atoms with E-state index < -0.39 is 4.92 Å². The summed E-state index contributed by atoms with van der Waals surface area (Å²) in [6.07, 6.45) is 0. The van der Waals surface area contributed by atoms with E-state index in [0.29, 0.717) is 11.3 Å². The van der Waals surface area contributed by atoms with Gasteiger partial charge in [0.1, 0.15) is 0 Å². The molecule has 0 spiro atoms. The lowest BCUT2D eigenvalue weighted by Gasteiger charge is -2.09. The third kappa shape index (κ3) is 3.01. The molecule has 2 aromatic carbocycles. The molecule has 6 nitrogen and oxygen atoms in total. The average Bonchev–Trinajstić information content (AvgIpc) is 2.54. The highest BCUT2D eigenvalue weighted by molar-refractivity contribution is 6.12. The number of non-ortho nitro benzene ring substituents is 1. The van der Waals surface area contributed by atoms with E-state index in [9.17, 15) is 14.9 Å². The van der Waals surface area contributed by atoms with Crippen molar-refractivity contribution in [3.63, 3.8) is 0 Å². The maximum Gasteiger partial charge on any atom is 0.269 e. The highest BCUT2D eigenvalue weighted by Gasteiger charge is 2.13. The second kappa shape index (κ2) is 5.84. The first-order chi connectivity index (χ1) is 11.0. The van der Waals surface area contributed by atoms with Crippen LogP contribution in [0.4, 0.5) is 11.4 Å². The first kappa shape index (κ1) is 14.6. The number of hydrogen-bond acceptors (Lipinski definition) is 4.